The van der Waals surface area contributed by atoms with Crippen molar-refractivity contribution in [3.05, 3.63) is 34.8 Å². The van der Waals surface area contributed by atoms with Crippen molar-refractivity contribution in [1.29, 1.82) is 0 Å². The Bertz CT molecular complexity index is 618. The lowest BCUT2D eigenvalue weighted by molar-refractivity contribution is -0.137. The van der Waals surface area contributed by atoms with Crippen LogP contribution in [-0.4, -0.2) is 11.5 Å². The van der Waals surface area contributed by atoms with Crippen molar-refractivity contribution >= 4 is 23.3 Å². The number of benzene rings is 1. The van der Waals surface area contributed by atoms with E-state index in [-0.39, 0.29) is 17.9 Å². The van der Waals surface area contributed by atoms with Crippen molar-refractivity contribution in [1.82, 2.24) is 10.3 Å². The van der Waals surface area contributed by atoms with Gasteiger partial charge in [-0.1, -0.05) is 0 Å². The molecule has 0 atom stereocenters. The van der Waals surface area contributed by atoms with Gasteiger partial charge in [0.2, 0.25) is 0 Å². The summed E-state index contributed by atoms with van der Waals surface area (Å²) in [5, 5.41) is 3.40. The smallest absolute Gasteiger partial charge is 0.356 e. The fourth-order valence-corrected chi connectivity index (χ4v) is 2.37. The van der Waals surface area contributed by atoms with Gasteiger partial charge in [-0.15, -0.1) is 12.4 Å². The molecule has 2 nitrogen and oxygen atoms in total. The molecule has 0 aliphatic carbocycles. The number of alkyl halides is 3. The number of rotatable bonds is 0. The van der Waals surface area contributed by atoms with Gasteiger partial charge in [-0.3, -0.25) is 0 Å². The number of halogens is 5. The third kappa shape index (κ3) is 2.30. The molecule has 1 aromatic heterocycles. The highest BCUT2D eigenvalue weighted by Crippen LogP contribution is 2.35. The predicted molar refractivity (Wildman–Crippen MR) is 65.9 cm³/mol. The minimum absolute atomic E-state index is 0. The van der Waals surface area contributed by atoms with E-state index in [1.54, 1.807) is 0 Å². The summed E-state index contributed by atoms with van der Waals surface area (Å²) in [5.41, 5.74) is 0.778. The Hall–Kier alpha value is -1.27. The van der Waals surface area contributed by atoms with Crippen molar-refractivity contribution in [2.75, 3.05) is 6.54 Å². The molecule has 0 fully saturated rings. The second-order valence-corrected chi connectivity index (χ2v) is 4.39. The molecule has 1 aliphatic rings. The van der Waals surface area contributed by atoms with Gasteiger partial charge in [0.25, 0.3) is 0 Å². The van der Waals surface area contributed by atoms with Gasteiger partial charge in [0.05, 0.1) is 11.1 Å². The van der Waals surface area contributed by atoms with Crippen LogP contribution in [0.1, 0.15) is 16.8 Å². The Balaban J connectivity index is 0.00000133. The van der Waals surface area contributed by atoms with Gasteiger partial charge in [0.1, 0.15) is 5.82 Å². The maximum absolute atomic E-state index is 13.7. The van der Waals surface area contributed by atoms with Crippen molar-refractivity contribution in [3.8, 4) is 0 Å². The zero-order valence-electron chi connectivity index (χ0n) is 9.70. The van der Waals surface area contributed by atoms with Crippen molar-refractivity contribution in [2.45, 2.75) is 19.1 Å². The van der Waals surface area contributed by atoms with Gasteiger partial charge in [0.15, 0.2) is 0 Å². The number of hydrogen-bond donors (Lipinski definition) is 2. The zero-order chi connectivity index (χ0) is 12.9. The van der Waals surface area contributed by atoms with Crippen LogP contribution in [0.4, 0.5) is 17.6 Å². The molecular weight excluding hydrogens is 284 g/mol. The normalized spacial score (nSPS) is 15.2. The Morgan fingerprint density at radius 3 is 2.58 bits per heavy atom. The molecule has 1 aromatic carbocycles. The fourth-order valence-electron chi connectivity index (χ4n) is 2.37. The van der Waals surface area contributed by atoms with E-state index in [2.05, 4.69) is 10.3 Å². The first-order chi connectivity index (χ1) is 8.47. The molecule has 2 N–H and O–H groups in total. The third-order valence-electron chi connectivity index (χ3n) is 3.24. The molecule has 104 valence electrons. The average molecular weight is 295 g/mol. The standard InChI is InChI=1S/C12H10F4N2.ClH/c13-9-4-6(12(14,15)16)3-7-8-5-17-2-1-10(8)18-11(7)9;/h3-4,17-18H,1-2,5H2;1H. The Labute approximate surface area is 112 Å². The molecular formula is C12H11ClF4N2. The van der Waals surface area contributed by atoms with Crippen LogP contribution in [0, 0.1) is 5.82 Å². The van der Waals surface area contributed by atoms with E-state index in [1.807, 2.05) is 0 Å². The molecule has 19 heavy (non-hydrogen) atoms. The third-order valence-corrected chi connectivity index (χ3v) is 3.24. The maximum Gasteiger partial charge on any atom is 0.416 e. The largest absolute Gasteiger partial charge is 0.416 e. The van der Waals surface area contributed by atoms with E-state index in [1.165, 1.54) is 0 Å². The molecule has 0 radical (unpaired) electrons. The lowest BCUT2D eigenvalue weighted by atomic mass is 10.0. The van der Waals surface area contributed by atoms with Crippen LogP contribution in [0.25, 0.3) is 10.9 Å². The first-order valence-corrected chi connectivity index (χ1v) is 5.57. The summed E-state index contributed by atoms with van der Waals surface area (Å²) in [7, 11) is 0. The van der Waals surface area contributed by atoms with E-state index in [0.29, 0.717) is 24.4 Å². The molecule has 3 rings (SSSR count). The van der Waals surface area contributed by atoms with Crippen molar-refractivity contribution < 1.29 is 17.6 Å². The number of aromatic amines is 1. The van der Waals surface area contributed by atoms with Crippen molar-refractivity contribution in [3.63, 3.8) is 0 Å². The Morgan fingerprint density at radius 1 is 1.16 bits per heavy atom. The average Bonchev–Trinajstić information content (AvgIpc) is 2.67. The number of nitrogens with one attached hydrogen (secondary N) is 2. The second-order valence-electron chi connectivity index (χ2n) is 4.39. The quantitative estimate of drug-likeness (QED) is 0.716. The van der Waals surface area contributed by atoms with E-state index in [4.69, 9.17) is 0 Å². The first-order valence-electron chi connectivity index (χ1n) is 5.57. The van der Waals surface area contributed by atoms with Gasteiger partial charge in [-0.05, 0) is 17.7 Å². The summed E-state index contributed by atoms with van der Waals surface area (Å²) in [5.74, 6) is -0.853. The molecule has 1 aliphatic heterocycles. The molecule has 0 saturated carbocycles. The number of H-pyrrole nitrogens is 1. The second kappa shape index (κ2) is 4.68. The topological polar surface area (TPSA) is 27.8 Å². The lowest BCUT2D eigenvalue weighted by Gasteiger charge is -2.13. The lowest BCUT2D eigenvalue weighted by Crippen LogP contribution is -2.22. The fraction of sp³-hybridized carbons (Fsp3) is 0.333. The van der Waals surface area contributed by atoms with Crippen LogP contribution in [0.2, 0.25) is 0 Å². The summed E-state index contributed by atoms with van der Waals surface area (Å²) >= 11 is 0. The monoisotopic (exact) mass is 294 g/mol. The molecule has 0 saturated heterocycles. The van der Waals surface area contributed by atoms with Gasteiger partial charge < -0.3 is 10.3 Å². The van der Waals surface area contributed by atoms with Crippen LogP contribution < -0.4 is 5.32 Å². The molecule has 0 spiro atoms. The molecule has 0 unspecified atom stereocenters. The van der Waals surface area contributed by atoms with E-state index in [0.717, 1.165) is 23.9 Å². The highest BCUT2D eigenvalue weighted by atomic mass is 35.5. The molecule has 2 aromatic rings. The van der Waals surface area contributed by atoms with Crippen LogP contribution in [0.15, 0.2) is 12.1 Å². The molecule has 0 bridgehead atoms. The van der Waals surface area contributed by atoms with Crippen molar-refractivity contribution in [2.24, 2.45) is 0 Å². The Kier molecular flexibility index (Phi) is 3.49. The molecule has 0 amide bonds. The van der Waals surface area contributed by atoms with Gasteiger partial charge in [0, 0.05) is 30.6 Å². The van der Waals surface area contributed by atoms with Crippen LogP contribution in [-0.2, 0) is 19.1 Å². The SMILES string of the molecule is Cl.Fc1cc(C(F)(F)F)cc2c3c([nH]c12)CCNC3. The summed E-state index contributed by atoms with van der Waals surface area (Å²) in [6.45, 7) is 1.21. The minimum atomic E-state index is -4.53. The molecule has 7 heteroatoms. The summed E-state index contributed by atoms with van der Waals surface area (Å²) < 4.78 is 51.6. The molecule has 2 heterocycles. The van der Waals surface area contributed by atoms with E-state index in [9.17, 15) is 17.6 Å². The van der Waals surface area contributed by atoms with Gasteiger partial charge in [-0.25, -0.2) is 4.39 Å². The van der Waals surface area contributed by atoms with Gasteiger partial charge in [-0.2, -0.15) is 13.2 Å². The highest BCUT2D eigenvalue weighted by molar-refractivity contribution is 5.86. The zero-order valence-corrected chi connectivity index (χ0v) is 10.5. The van der Waals surface area contributed by atoms with Crippen LogP contribution in [0.5, 0.6) is 0 Å². The first kappa shape index (κ1) is 14.1. The highest BCUT2D eigenvalue weighted by Gasteiger charge is 2.32. The van der Waals surface area contributed by atoms with Crippen LogP contribution >= 0.6 is 12.4 Å². The number of hydrogen-bond acceptors (Lipinski definition) is 1. The van der Waals surface area contributed by atoms with E-state index < -0.39 is 17.6 Å². The summed E-state index contributed by atoms with van der Waals surface area (Å²) in [6, 6.07) is 1.55. The summed E-state index contributed by atoms with van der Waals surface area (Å²) in [6.07, 6.45) is -3.86. The predicted octanol–water partition coefficient (Wildman–Crippen LogP) is 3.39. The Morgan fingerprint density at radius 2 is 1.89 bits per heavy atom. The maximum atomic E-state index is 13.7. The summed E-state index contributed by atoms with van der Waals surface area (Å²) in [4.78, 5) is 2.88. The number of fused-ring (bicyclic) bond motifs is 3. The van der Waals surface area contributed by atoms with Gasteiger partial charge >= 0.3 is 6.18 Å². The van der Waals surface area contributed by atoms with E-state index >= 15 is 0 Å². The van der Waals surface area contributed by atoms with Crippen LogP contribution in [0.3, 0.4) is 0 Å². The number of aromatic nitrogens is 1. The minimum Gasteiger partial charge on any atom is -0.356 e.